The van der Waals surface area contributed by atoms with Gasteiger partial charge in [-0.3, -0.25) is 4.57 Å². The average molecular weight is 344 g/mol. The molecule has 124 valence electrons. The number of nitrogens with zero attached hydrogens (tertiary/aromatic N) is 3. The van der Waals surface area contributed by atoms with Crippen molar-refractivity contribution in [1.82, 2.24) is 14.2 Å². The van der Waals surface area contributed by atoms with Crippen molar-refractivity contribution in [3.05, 3.63) is 68.9 Å². The van der Waals surface area contributed by atoms with Crippen LogP contribution < -0.4 is 5.69 Å². The van der Waals surface area contributed by atoms with E-state index >= 15 is 0 Å². The number of hydrogen-bond donors (Lipinski definition) is 1. The molecule has 1 unspecified atom stereocenters. The van der Waals surface area contributed by atoms with Gasteiger partial charge in [0, 0.05) is 0 Å². The molecule has 3 aromatic rings. The zero-order valence-corrected chi connectivity index (χ0v) is 14.1. The molecule has 0 radical (unpaired) electrons. The Morgan fingerprint density at radius 3 is 2.71 bits per heavy atom. The Morgan fingerprint density at radius 2 is 2.04 bits per heavy atom. The Morgan fingerprint density at radius 1 is 1.33 bits per heavy atom. The zero-order chi connectivity index (χ0) is 16.8. The molecule has 1 aliphatic rings. The number of aryl methyl sites for hydroxylation is 1. The molecule has 1 aliphatic carbocycles. The summed E-state index contributed by atoms with van der Waals surface area (Å²) in [5.74, 6) is 0.219. The van der Waals surface area contributed by atoms with E-state index in [2.05, 4.69) is 5.10 Å². The molecule has 0 amide bonds. The molecule has 2 aromatic heterocycles. The van der Waals surface area contributed by atoms with Gasteiger partial charge in [0.15, 0.2) is 0 Å². The molecule has 24 heavy (non-hydrogen) atoms. The van der Waals surface area contributed by atoms with Crippen LogP contribution in [0.4, 0.5) is 0 Å². The maximum Gasteiger partial charge on any atom is 0.349 e. The lowest BCUT2D eigenvalue weighted by molar-refractivity contribution is 0.143. The fourth-order valence-electron chi connectivity index (χ4n) is 3.06. The smallest absolute Gasteiger partial charge is 0.349 e. The second-order valence-corrected chi connectivity index (χ2v) is 6.78. The first-order chi connectivity index (χ1) is 11.6. The monoisotopic (exact) mass is 343 g/mol. The highest BCUT2D eigenvalue weighted by Crippen LogP contribution is 2.41. The topological polar surface area (TPSA) is 59.5 Å². The van der Waals surface area contributed by atoms with E-state index in [1.165, 1.54) is 4.52 Å². The summed E-state index contributed by atoms with van der Waals surface area (Å²) in [5.41, 5.74) is 2.50. The molecule has 2 heterocycles. The minimum Gasteiger partial charge on any atom is -0.387 e. The van der Waals surface area contributed by atoms with Crippen LogP contribution in [0.15, 0.2) is 41.2 Å². The molecule has 6 heteroatoms. The summed E-state index contributed by atoms with van der Waals surface area (Å²) < 4.78 is 2.93. The van der Waals surface area contributed by atoms with Crippen LogP contribution in [-0.4, -0.2) is 19.3 Å². The van der Waals surface area contributed by atoms with Gasteiger partial charge in [-0.15, -0.1) is 0 Å². The van der Waals surface area contributed by atoms with E-state index in [1.807, 2.05) is 30.3 Å². The first-order valence-corrected chi connectivity index (χ1v) is 8.44. The third-order valence-electron chi connectivity index (χ3n) is 4.58. The maximum atomic E-state index is 13.0. The number of hydrogen-bond acceptors (Lipinski definition) is 3. The molecular formula is C18H18ClN3O2. The van der Waals surface area contributed by atoms with Crippen LogP contribution >= 0.6 is 11.6 Å². The van der Waals surface area contributed by atoms with Crippen LogP contribution in [0.5, 0.6) is 0 Å². The van der Waals surface area contributed by atoms with Gasteiger partial charge in [0.05, 0.1) is 34.6 Å². The molecular weight excluding hydrogens is 326 g/mol. The predicted octanol–water partition coefficient (Wildman–Crippen LogP) is 2.95. The van der Waals surface area contributed by atoms with Crippen LogP contribution in [-0.2, 0) is 6.54 Å². The van der Waals surface area contributed by atoms with Gasteiger partial charge in [-0.05, 0) is 37.3 Å². The molecule has 1 fully saturated rings. The number of halogens is 1. The van der Waals surface area contributed by atoms with Crippen LogP contribution in [0.1, 0.15) is 35.9 Å². The highest BCUT2D eigenvalue weighted by atomic mass is 35.5. The van der Waals surface area contributed by atoms with Crippen molar-refractivity contribution in [2.24, 2.45) is 5.92 Å². The third kappa shape index (κ3) is 2.54. The molecule has 0 spiro atoms. The second kappa shape index (κ2) is 5.76. The van der Waals surface area contributed by atoms with Gasteiger partial charge < -0.3 is 5.11 Å². The van der Waals surface area contributed by atoms with E-state index in [1.54, 1.807) is 17.6 Å². The quantitative estimate of drug-likeness (QED) is 0.792. The number of aromatic nitrogens is 3. The first-order valence-electron chi connectivity index (χ1n) is 8.07. The number of rotatable bonds is 4. The average Bonchev–Trinajstić information content (AvgIpc) is 3.39. The molecule has 1 atom stereocenters. The van der Waals surface area contributed by atoms with E-state index in [0.29, 0.717) is 28.5 Å². The van der Waals surface area contributed by atoms with E-state index in [9.17, 15) is 9.90 Å². The van der Waals surface area contributed by atoms with Crippen molar-refractivity contribution in [2.45, 2.75) is 32.4 Å². The second-order valence-electron chi connectivity index (χ2n) is 6.40. The van der Waals surface area contributed by atoms with Crippen molar-refractivity contribution in [3.63, 3.8) is 0 Å². The standard InChI is InChI=1S/C18H18ClN3O2/c1-11-16(19)14-9-15(17(23)13-7-8-13)21(18(24)22(14)20-11)10-12-5-3-2-4-6-12/h2-6,9,13,17,23H,7-8,10H2,1H3. The lowest BCUT2D eigenvalue weighted by atomic mass is 10.1. The van der Waals surface area contributed by atoms with Crippen molar-refractivity contribution in [2.75, 3.05) is 0 Å². The predicted molar refractivity (Wildman–Crippen MR) is 92.4 cm³/mol. The number of fused-ring (bicyclic) bond motifs is 1. The molecule has 1 aromatic carbocycles. The summed E-state index contributed by atoms with van der Waals surface area (Å²) >= 11 is 6.28. The Kier molecular flexibility index (Phi) is 3.70. The maximum absolute atomic E-state index is 13.0. The van der Waals surface area contributed by atoms with Gasteiger partial charge in [-0.2, -0.15) is 9.61 Å². The van der Waals surface area contributed by atoms with Gasteiger partial charge in [0.2, 0.25) is 0 Å². The normalized spacial score (nSPS) is 15.8. The van der Waals surface area contributed by atoms with Crippen LogP contribution in [0.25, 0.3) is 5.52 Å². The fourth-order valence-corrected chi connectivity index (χ4v) is 3.23. The minimum atomic E-state index is -0.655. The summed E-state index contributed by atoms with van der Waals surface area (Å²) in [5, 5.41) is 15.4. The summed E-state index contributed by atoms with van der Waals surface area (Å²) in [6, 6.07) is 11.5. The fraction of sp³-hybridized carbons (Fsp3) is 0.333. The summed E-state index contributed by atoms with van der Waals surface area (Å²) in [4.78, 5) is 13.0. The van der Waals surface area contributed by atoms with E-state index in [4.69, 9.17) is 11.6 Å². The minimum absolute atomic E-state index is 0.219. The Bertz CT molecular complexity index is 958. The van der Waals surface area contributed by atoms with Gasteiger partial charge in [0.1, 0.15) is 0 Å². The first kappa shape index (κ1) is 15.4. The molecule has 0 saturated heterocycles. The molecule has 1 saturated carbocycles. The SMILES string of the molecule is Cc1nn2c(=O)n(Cc3ccccc3)c(C(O)C3CC3)cc2c1Cl. The molecule has 1 N–H and O–H groups in total. The number of aliphatic hydroxyl groups is 1. The third-order valence-corrected chi connectivity index (χ3v) is 5.05. The van der Waals surface area contributed by atoms with Gasteiger partial charge in [-0.25, -0.2) is 4.79 Å². The Hall–Kier alpha value is -2.11. The van der Waals surface area contributed by atoms with Gasteiger partial charge >= 0.3 is 5.69 Å². The lowest BCUT2D eigenvalue weighted by Gasteiger charge is -2.18. The lowest BCUT2D eigenvalue weighted by Crippen LogP contribution is -2.31. The van der Waals surface area contributed by atoms with Crippen LogP contribution in [0.3, 0.4) is 0 Å². The number of aliphatic hydroxyl groups excluding tert-OH is 1. The van der Waals surface area contributed by atoms with Crippen molar-refractivity contribution in [1.29, 1.82) is 0 Å². The number of benzene rings is 1. The van der Waals surface area contributed by atoms with E-state index in [0.717, 1.165) is 18.4 Å². The van der Waals surface area contributed by atoms with Crippen LogP contribution in [0, 0.1) is 12.8 Å². The van der Waals surface area contributed by atoms with Crippen LogP contribution in [0.2, 0.25) is 5.02 Å². The summed E-state index contributed by atoms with van der Waals surface area (Å²) in [7, 11) is 0. The largest absolute Gasteiger partial charge is 0.387 e. The van der Waals surface area contributed by atoms with E-state index in [-0.39, 0.29) is 11.6 Å². The molecule has 0 bridgehead atoms. The summed E-state index contributed by atoms with van der Waals surface area (Å²) in [6.45, 7) is 2.17. The van der Waals surface area contributed by atoms with E-state index < -0.39 is 6.10 Å². The van der Waals surface area contributed by atoms with Crippen molar-refractivity contribution >= 4 is 17.1 Å². The van der Waals surface area contributed by atoms with Gasteiger partial charge in [-0.1, -0.05) is 41.9 Å². The highest BCUT2D eigenvalue weighted by molar-refractivity contribution is 6.34. The Labute approximate surface area is 144 Å². The molecule has 0 aliphatic heterocycles. The zero-order valence-electron chi connectivity index (χ0n) is 13.3. The summed E-state index contributed by atoms with van der Waals surface area (Å²) in [6.07, 6.45) is 1.31. The van der Waals surface area contributed by atoms with Crippen molar-refractivity contribution < 1.29 is 5.11 Å². The molecule has 4 rings (SSSR count). The van der Waals surface area contributed by atoms with Gasteiger partial charge in [0.25, 0.3) is 0 Å². The highest BCUT2D eigenvalue weighted by Gasteiger charge is 2.33. The Balaban J connectivity index is 1.93. The molecule has 5 nitrogen and oxygen atoms in total. The van der Waals surface area contributed by atoms with Crippen molar-refractivity contribution in [3.8, 4) is 0 Å².